The van der Waals surface area contributed by atoms with Crippen LogP contribution in [0.25, 0.3) is 11.3 Å². The highest BCUT2D eigenvalue weighted by Crippen LogP contribution is 2.31. The zero-order valence-electron chi connectivity index (χ0n) is 12.4. The van der Waals surface area contributed by atoms with E-state index in [-0.39, 0.29) is 0 Å². The van der Waals surface area contributed by atoms with E-state index in [4.69, 9.17) is 5.84 Å². The molecule has 0 bridgehead atoms. The van der Waals surface area contributed by atoms with Gasteiger partial charge in [0.15, 0.2) is 0 Å². The Balaban J connectivity index is 1.90. The van der Waals surface area contributed by atoms with Gasteiger partial charge in [-0.3, -0.25) is 4.79 Å². The minimum atomic E-state index is -0.432. The molecule has 1 amide bonds. The van der Waals surface area contributed by atoms with Gasteiger partial charge in [0.1, 0.15) is 5.82 Å². The standard InChI is InChI=1S/C17H14FN3OS/c1-11-15(12-5-3-2-4-6-12)20-17(23-11)21(19)16(22)13-7-9-14(18)10-8-13/h2-10H,19H2,1H3. The fourth-order valence-corrected chi connectivity index (χ4v) is 3.02. The van der Waals surface area contributed by atoms with E-state index in [2.05, 4.69) is 4.98 Å². The van der Waals surface area contributed by atoms with Crippen molar-refractivity contribution >= 4 is 22.4 Å². The number of hydrazine groups is 1. The van der Waals surface area contributed by atoms with Crippen LogP contribution in [0.15, 0.2) is 54.6 Å². The number of rotatable bonds is 3. The first-order valence-electron chi connectivity index (χ1n) is 6.94. The van der Waals surface area contributed by atoms with Crippen molar-refractivity contribution in [2.75, 3.05) is 5.01 Å². The summed E-state index contributed by atoms with van der Waals surface area (Å²) in [6.07, 6.45) is 0. The molecule has 0 radical (unpaired) electrons. The fourth-order valence-electron chi connectivity index (χ4n) is 2.17. The summed E-state index contributed by atoms with van der Waals surface area (Å²) < 4.78 is 13.0. The third kappa shape index (κ3) is 3.13. The number of carbonyl (C=O) groups is 1. The molecule has 0 saturated carbocycles. The molecule has 0 spiro atoms. The van der Waals surface area contributed by atoms with E-state index in [0.29, 0.717) is 10.7 Å². The molecule has 0 aliphatic carbocycles. The summed E-state index contributed by atoms with van der Waals surface area (Å²) >= 11 is 1.34. The maximum atomic E-state index is 13.0. The minimum absolute atomic E-state index is 0.308. The average Bonchev–Trinajstić information content (AvgIpc) is 2.97. The van der Waals surface area contributed by atoms with E-state index in [0.717, 1.165) is 21.1 Å². The first kappa shape index (κ1) is 15.3. The number of aromatic nitrogens is 1. The van der Waals surface area contributed by atoms with Gasteiger partial charge in [-0.2, -0.15) is 0 Å². The molecule has 23 heavy (non-hydrogen) atoms. The lowest BCUT2D eigenvalue weighted by molar-refractivity contribution is 0.0987. The van der Waals surface area contributed by atoms with Crippen LogP contribution in [0.4, 0.5) is 9.52 Å². The Morgan fingerprint density at radius 3 is 2.43 bits per heavy atom. The Morgan fingerprint density at radius 2 is 1.78 bits per heavy atom. The van der Waals surface area contributed by atoms with Gasteiger partial charge in [0.05, 0.1) is 5.69 Å². The number of halogens is 1. The molecule has 0 fully saturated rings. The topological polar surface area (TPSA) is 59.2 Å². The van der Waals surface area contributed by atoms with Crippen molar-refractivity contribution in [3.8, 4) is 11.3 Å². The highest BCUT2D eigenvalue weighted by atomic mass is 32.1. The normalized spacial score (nSPS) is 10.6. The van der Waals surface area contributed by atoms with Crippen molar-refractivity contribution < 1.29 is 9.18 Å². The summed E-state index contributed by atoms with van der Waals surface area (Å²) in [4.78, 5) is 17.8. The molecule has 3 rings (SSSR count). The summed E-state index contributed by atoms with van der Waals surface area (Å²) in [6, 6.07) is 14.9. The molecule has 1 heterocycles. The van der Waals surface area contributed by atoms with Gasteiger partial charge in [-0.1, -0.05) is 41.7 Å². The Hall–Kier alpha value is -2.57. The zero-order valence-corrected chi connectivity index (χ0v) is 13.2. The van der Waals surface area contributed by atoms with Crippen molar-refractivity contribution in [3.05, 3.63) is 70.9 Å². The van der Waals surface area contributed by atoms with Crippen molar-refractivity contribution in [2.24, 2.45) is 5.84 Å². The van der Waals surface area contributed by atoms with E-state index < -0.39 is 11.7 Å². The van der Waals surface area contributed by atoms with Crippen LogP contribution >= 0.6 is 11.3 Å². The van der Waals surface area contributed by atoms with Gasteiger partial charge in [0.25, 0.3) is 5.91 Å². The van der Waals surface area contributed by atoms with Crippen molar-refractivity contribution in [2.45, 2.75) is 6.92 Å². The highest BCUT2D eigenvalue weighted by molar-refractivity contribution is 7.16. The van der Waals surface area contributed by atoms with E-state index in [1.54, 1.807) is 0 Å². The van der Waals surface area contributed by atoms with Crippen LogP contribution in [-0.4, -0.2) is 10.9 Å². The molecule has 0 saturated heterocycles. The lowest BCUT2D eigenvalue weighted by Gasteiger charge is -2.12. The molecule has 116 valence electrons. The summed E-state index contributed by atoms with van der Waals surface area (Å²) in [5.41, 5.74) is 2.08. The predicted molar refractivity (Wildman–Crippen MR) is 89.7 cm³/mol. The zero-order chi connectivity index (χ0) is 16.4. The lowest BCUT2D eigenvalue weighted by atomic mass is 10.1. The maximum absolute atomic E-state index is 13.0. The highest BCUT2D eigenvalue weighted by Gasteiger charge is 2.19. The van der Waals surface area contributed by atoms with E-state index >= 15 is 0 Å². The van der Waals surface area contributed by atoms with E-state index in [1.807, 2.05) is 37.3 Å². The molecule has 6 heteroatoms. The predicted octanol–water partition coefficient (Wildman–Crippen LogP) is 3.78. The molecule has 0 aliphatic rings. The molecule has 0 aliphatic heterocycles. The van der Waals surface area contributed by atoms with Crippen LogP contribution in [-0.2, 0) is 0 Å². The number of nitrogens with two attached hydrogens (primary N) is 1. The van der Waals surface area contributed by atoms with Crippen molar-refractivity contribution in [1.82, 2.24) is 4.98 Å². The van der Waals surface area contributed by atoms with Gasteiger partial charge in [0, 0.05) is 16.0 Å². The Bertz CT molecular complexity index is 831. The van der Waals surface area contributed by atoms with Gasteiger partial charge in [0.2, 0.25) is 5.13 Å². The van der Waals surface area contributed by atoms with Gasteiger partial charge in [-0.25, -0.2) is 20.2 Å². The van der Waals surface area contributed by atoms with Gasteiger partial charge >= 0.3 is 0 Å². The van der Waals surface area contributed by atoms with E-state index in [1.165, 1.54) is 35.6 Å². The molecule has 2 aromatic carbocycles. The van der Waals surface area contributed by atoms with Gasteiger partial charge < -0.3 is 0 Å². The van der Waals surface area contributed by atoms with Crippen LogP contribution in [0.3, 0.4) is 0 Å². The minimum Gasteiger partial charge on any atom is -0.267 e. The molecular formula is C17H14FN3OS. The summed E-state index contributed by atoms with van der Waals surface area (Å²) in [7, 11) is 0. The number of hydrogen-bond acceptors (Lipinski definition) is 4. The van der Waals surface area contributed by atoms with Crippen molar-refractivity contribution in [3.63, 3.8) is 0 Å². The molecule has 2 N–H and O–H groups in total. The molecular weight excluding hydrogens is 313 g/mol. The van der Waals surface area contributed by atoms with Crippen LogP contribution in [0, 0.1) is 12.7 Å². The molecule has 3 aromatic rings. The number of amides is 1. The van der Waals surface area contributed by atoms with Crippen LogP contribution in [0.2, 0.25) is 0 Å². The molecule has 0 atom stereocenters. The number of carbonyl (C=O) groups excluding carboxylic acids is 1. The quantitative estimate of drug-likeness (QED) is 0.452. The van der Waals surface area contributed by atoms with E-state index in [9.17, 15) is 9.18 Å². The number of hydrogen-bond donors (Lipinski definition) is 1. The Labute approximate surface area is 137 Å². The van der Waals surface area contributed by atoms with Gasteiger partial charge in [-0.05, 0) is 31.2 Å². The molecule has 4 nitrogen and oxygen atoms in total. The first-order chi connectivity index (χ1) is 11.1. The summed E-state index contributed by atoms with van der Waals surface area (Å²) in [6.45, 7) is 1.93. The first-order valence-corrected chi connectivity index (χ1v) is 7.75. The number of benzene rings is 2. The van der Waals surface area contributed by atoms with Crippen molar-refractivity contribution in [1.29, 1.82) is 0 Å². The average molecular weight is 327 g/mol. The monoisotopic (exact) mass is 327 g/mol. The van der Waals surface area contributed by atoms with Crippen LogP contribution in [0.5, 0.6) is 0 Å². The molecule has 0 unspecified atom stereocenters. The maximum Gasteiger partial charge on any atom is 0.274 e. The largest absolute Gasteiger partial charge is 0.274 e. The number of thiazole rings is 1. The fraction of sp³-hybridized carbons (Fsp3) is 0.0588. The summed E-state index contributed by atoms with van der Waals surface area (Å²) in [5, 5.41) is 1.40. The lowest BCUT2D eigenvalue weighted by Crippen LogP contribution is -2.37. The second-order valence-electron chi connectivity index (χ2n) is 4.95. The third-order valence-electron chi connectivity index (χ3n) is 3.35. The van der Waals surface area contributed by atoms with Crippen LogP contribution < -0.4 is 10.9 Å². The number of aryl methyl sites for hydroxylation is 1. The van der Waals surface area contributed by atoms with Gasteiger partial charge in [-0.15, -0.1) is 0 Å². The molecule has 1 aromatic heterocycles. The number of anilines is 1. The Kier molecular flexibility index (Phi) is 4.18. The van der Waals surface area contributed by atoms with Crippen LogP contribution in [0.1, 0.15) is 15.2 Å². The SMILES string of the molecule is Cc1sc(N(N)C(=O)c2ccc(F)cc2)nc1-c1ccccc1. The number of nitrogens with zero attached hydrogens (tertiary/aromatic N) is 2. The third-order valence-corrected chi connectivity index (χ3v) is 4.32. The second-order valence-corrected chi connectivity index (χ2v) is 6.13. The Morgan fingerprint density at radius 1 is 1.13 bits per heavy atom. The summed E-state index contributed by atoms with van der Waals surface area (Å²) in [5.74, 6) is 5.07. The smallest absolute Gasteiger partial charge is 0.267 e. The second kappa shape index (κ2) is 6.28.